The van der Waals surface area contributed by atoms with E-state index in [1.807, 2.05) is 0 Å². The minimum atomic E-state index is -1.18. The first-order valence-corrected chi connectivity index (χ1v) is 6.25. The van der Waals surface area contributed by atoms with Gasteiger partial charge in [0.25, 0.3) is 0 Å². The van der Waals surface area contributed by atoms with Gasteiger partial charge in [-0.1, -0.05) is 19.3 Å². The van der Waals surface area contributed by atoms with Gasteiger partial charge in [0.15, 0.2) is 0 Å². The molecule has 1 saturated heterocycles. The summed E-state index contributed by atoms with van der Waals surface area (Å²) in [5.41, 5.74) is -1.18. The van der Waals surface area contributed by atoms with Crippen LogP contribution < -0.4 is 5.32 Å². The highest BCUT2D eigenvalue weighted by atomic mass is 16.5. The van der Waals surface area contributed by atoms with E-state index in [0.717, 1.165) is 24.2 Å². The van der Waals surface area contributed by atoms with Crippen LogP contribution in [0.2, 0.25) is 0 Å². The van der Waals surface area contributed by atoms with Crippen LogP contribution in [0.3, 0.4) is 0 Å². The average molecular weight is 268 g/mol. The Morgan fingerprint density at radius 1 is 1.26 bits per heavy atom. The Balaban J connectivity index is 2.25. The summed E-state index contributed by atoms with van der Waals surface area (Å²) >= 11 is 0. The van der Waals surface area contributed by atoms with Gasteiger partial charge in [0.2, 0.25) is 11.8 Å². The topological polar surface area (TPSA) is 92.8 Å². The van der Waals surface area contributed by atoms with Crippen LogP contribution in [0.4, 0.5) is 4.79 Å². The van der Waals surface area contributed by atoms with Crippen LogP contribution in [0, 0.1) is 5.41 Å². The summed E-state index contributed by atoms with van der Waals surface area (Å²) in [5, 5.41) is 2.17. The number of rotatable bonds is 2. The van der Waals surface area contributed by atoms with E-state index in [1.165, 1.54) is 7.11 Å². The Morgan fingerprint density at radius 3 is 2.47 bits per heavy atom. The molecule has 0 radical (unpaired) electrons. The molecule has 0 bridgehead atoms. The van der Waals surface area contributed by atoms with Crippen LogP contribution in [0.1, 0.15) is 32.1 Å². The summed E-state index contributed by atoms with van der Waals surface area (Å²) in [4.78, 5) is 48.1. The summed E-state index contributed by atoms with van der Waals surface area (Å²) in [6.07, 6.45) is 3.33. The van der Waals surface area contributed by atoms with Crippen molar-refractivity contribution in [2.75, 3.05) is 13.7 Å². The maximum absolute atomic E-state index is 12.4. The molecule has 7 nitrogen and oxygen atoms in total. The monoisotopic (exact) mass is 268 g/mol. The third-order valence-electron chi connectivity index (χ3n) is 3.78. The van der Waals surface area contributed by atoms with Gasteiger partial charge in [-0.3, -0.25) is 24.6 Å². The van der Waals surface area contributed by atoms with Gasteiger partial charge in [0, 0.05) is 0 Å². The fraction of sp³-hybridized carbons (Fsp3) is 0.667. The fourth-order valence-corrected chi connectivity index (χ4v) is 2.67. The highest BCUT2D eigenvalue weighted by Gasteiger charge is 2.54. The number of amides is 4. The number of nitrogens with one attached hydrogen (secondary N) is 1. The van der Waals surface area contributed by atoms with E-state index in [4.69, 9.17) is 0 Å². The van der Waals surface area contributed by atoms with Gasteiger partial charge < -0.3 is 4.74 Å². The predicted octanol–water partition coefficient (Wildman–Crippen LogP) is 0.188. The first-order valence-electron chi connectivity index (χ1n) is 6.25. The number of ether oxygens (including phenoxy) is 1. The third-order valence-corrected chi connectivity index (χ3v) is 3.78. The molecule has 7 heteroatoms. The number of carbonyl (C=O) groups is 4. The molecule has 1 aliphatic heterocycles. The van der Waals surface area contributed by atoms with Gasteiger partial charge in [-0.15, -0.1) is 0 Å². The second kappa shape index (κ2) is 4.99. The molecule has 1 aliphatic carbocycles. The molecule has 0 unspecified atom stereocenters. The number of methoxy groups -OCH3 is 1. The van der Waals surface area contributed by atoms with E-state index in [-0.39, 0.29) is 0 Å². The molecule has 0 aromatic heterocycles. The predicted molar refractivity (Wildman–Crippen MR) is 62.8 cm³/mol. The Bertz CT molecular complexity index is 439. The molecule has 1 spiro atoms. The van der Waals surface area contributed by atoms with Crippen molar-refractivity contribution < 1.29 is 23.9 Å². The van der Waals surface area contributed by atoms with Gasteiger partial charge in [-0.25, -0.2) is 4.79 Å². The molecule has 4 amide bonds. The summed E-state index contributed by atoms with van der Waals surface area (Å²) in [6, 6.07) is -0.850. The molecular weight excluding hydrogens is 252 g/mol. The van der Waals surface area contributed by atoms with Crippen molar-refractivity contribution in [3.05, 3.63) is 0 Å². The highest BCUT2D eigenvalue weighted by Crippen LogP contribution is 2.40. The quantitative estimate of drug-likeness (QED) is 0.570. The van der Waals surface area contributed by atoms with Gasteiger partial charge >= 0.3 is 12.0 Å². The fourth-order valence-electron chi connectivity index (χ4n) is 2.67. The second-order valence-electron chi connectivity index (χ2n) is 4.87. The van der Waals surface area contributed by atoms with Gasteiger partial charge in [-0.2, -0.15) is 0 Å². The lowest BCUT2D eigenvalue weighted by Crippen LogP contribution is -2.65. The number of carbonyl (C=O) groups excluding carboxylic acids is 4. The lowest BCUT2D eigenvalue weighted by molar-refractivity contribution is -0.158. The molecule has 2 fully saturated rings. The van der Waals surface area contributed by atoms with Gasteiger partial charge in [-0.05, 0) is 12.8 Å². The zero-order valence-electron chi connectivity index (χ0n) is 10.7. The van der Waals surface area contributed by atoms with E-state index in [1.54, 1.807) is 0 Å². The lowest BCUT2D eigenvalue weighted by atomic mass is 9.71. The maximum atomic E-state index is 12.4. The van der Waals surface area contributed by atoms with Crippen LogP contribution in [0.25, 0.3) is 0 Å². The first-order chi connectivity index (χ1) is 9.01. The second-order valence-corrected chi connectivity index (χ2v) is 4.87. The molecule has 2 rings (SSSR count). The van der Waals surface area contributed by atoms with E-state index in [9.17, 15) is 19.2 Å². The van der Waals surface area contributed by atoms with Crippen LogP contribution in [-0.2, 0) is 19.1 Å². The minimum absolute atomic E-state index is 0.419. The molecule has 1 heterocycles. The maximum Gasteiger partial charge on any atom is 0.331 e. The number of esters is 1. The lowest BCUT2D eigenvalue weighted by Gasteiger charge is -2.40. The molecule has 1 saturated carbocycles. The summed E-state index contributed by atoms with van der Waals surface area (Å²) in [7, 11) is 1.18. The number of barbiturate groups is 1. The summed E-state index contributed by atoms with van der Waals surface area (Å²) in [6.45, 7) is -0.462. The van der Waals surface area contributed by atoms with Crippen LogP contribution in [-0.4, -0.2) is 42.4 Å². The van der Waals surface area contributed by atoms with Crippen LogP contribution in [0.5, 0.6) is 0 Å². The third kappa shape index (κ3) is 2.20. The Hall–Kier alpha value is -1.92. The highest BCUT2D eigenvalue weighted by molar-refractivity contribution is 6.19. The number of hydrogen-bond acceptors (Lipinski definition) is 5. The molecule has 19 heavy (non-hydrogen) atoms. The van der Waals surface area contributed by atoms with Crippen molar-refractivity contribution in [3.63, 3.8) is 0 Å². The van der Waals surface area contributed by atoms with E-state index < -0.39 is 35.8 Å². The Kier molecular flexibility index (Phi) is 3.55. The number of imide groups is 2. The molecule has 1 N–H and O–H groups in total. The largest absolute Gasteiger partial charge is 0.468 e. The zero-order chi connectivity index (χ0) is 14.0. The van der Waals surface area contributed by atoms with Crippen molar-refractivity contribution in [1.29, 1.82) is 0 Å². The van der Waals surface area contributed by atoms with E-state index in [2.05, 4.69) is 10.1 Å². The summed E-state index contributed by atoms with van der Waals surface area (Å²) in [5.74, 6) is -1.81. The van der Waals surface area contributed by atoms with E-state index in [0.29, 0.717) is 12.8 Å². The number of hydrogen-bond donors (Lipinski definition) is 1. The van der Waals surface area contributed by atoms with Crippen molar-refractivity contribution >= 4 is 23.8 Å². The van der Waals surface area contributed by atoms with Crippen molar-refractivity contribution in [1.82, 2.24) is 10.2 Å². The molecule has 0 atom stereocenters. The minimum Gasteiger partial charge on any atom is -0.468 e. The molecule has 0 aromatic carbocycles. The van der Waals surface area contributed by atoms with Gasteiger partial charge in [0.05, 0.1) is 7.11 Å². The summed E-state index contributed by atoms with van der Waals surface area (Å²) < 4.78 is 4.45. The number of nitrogens with zero attached hydrogens (tertiary/aromatic N) is 1. The first kappa shape index (κ1) is 13.5. The normalized spacial score (nSPS) is 22.4. The van der Waals surface area contributed by atoms with Crippen molar-refractivity contribution in [2.24, 2.45) is 5.41 Å². The Morgan fingerprint density at radius 2 is 1.89 bits per heavy atom. The SMILES string of the molecule is COC(=O)CN1C(=O)NC(=O)C2(CCCCC2)C1=O. The van der Waals surface area contributed by atoms with Crippen LogP contribution >= 0.6 is 0 Å². The standard InChI is InChI=1S/C12H16N2O5/c1-19-8(15)7-14-10(17)12(5-3-2-4-6-12)9(16)13-11(14)18/h2-7H2,1H3,(H,13,16,18). The zero-order valence-corrected chi connectivity index (χ0v) is 10.7. The Labute approximate surface area is 110 Å². The smallest absolute Gasteiger partial charge is 0.331 e. The van der Waals surface area contributed by atoms with Gasteiger partial charge in [0.1, 0.15) is 12.0 Å². The molecule has 0 aromatic rings. The number of urea groups is 1. The van der Waals surface area contributed by atoms with Crippen molar-refractivity contribution in [3.8, 4) is 0 Å². The van der Waals surface area contributed by atoms with Crippen molar-refractivity contribution in [2.45, 2.75) is 32.1 Å². The average Bonchev–Trinajstić information content (AvgIpc) is 2.42. The molecular formula is C12H16N2O5. The molecule has 104 valence electrons. The van der Waals surface area contributed by atoms with Crippen LogP contribution in [0.15, 0.2) is 0 Å². The van der Waals surface area contributed by atoms with E-state index >= 15 is 0 Å². The molecule has 2 aliphatic rings.